The first-order chi connectivity index (χ1) is 14.2. The summed E-state index contributed by atoms with van der Waals surface area (Å²) in [6, 6.07) is 6.10. The van der Waals surface area contributed by atoms with Crippen molar-refractivity contribution in [3.05, 3.63) is 29.7 Å². The third-order valence-corrected chi connectivity index (χ3v) is 7.38. The first kappa shape index (κ1) is 19.4. The van der Waals surface area contributed by atoms with Crippen LogP contribution in [0.15, 0.2) is 23.2 Å². The SMILES string of the molecule is Fc1cc(NC2CCCC2)c2[nH]c(C3=NC(CCN4CCOCC4)CS3)cc2c1. The molecule has 1 aromatic carbocycles. The number of hydrogen-bond donors (Lipinski definition) is 2. The number of rotatable bonds is 6. The van der Waals surface area contributed by atoms with Crippen LogP contribution in [-0.4, -0.2) is 65.6 Å². The summed E-state index contributed by atoms with van der Waals surface area (Å²) in [6.07, 6.45) is 5.93. The van der Waals surface area contributed by atoms with Crippen molar-refractivity contribution in [2.45, 2.75) is 44.2 Å². The van der Waals surface area contributed by atoms with Crippen LogP contribution in [0.1, 0.15) is 37.8 Å². The number of aromatic nitrogens is 1. The minimum Gasteiger partial charge on any atom is -0.381 e. The third kappa shape index (κ3) is 4.47. The molecule has 3 aliphatic rings. The molecule has 7 heteroatoms. The van der Waals surface area contributed by atoms with E-state index in [4.69, 9.17) is 9.73 Å². The Hall–Kier alpha value is -1.57. The van der Waals surface area contributed by atoms with Crippen LogP contribution in [0.3, 0.4) is 0 Å². The fourth-order valence-corrected chi connectivity index (χ4v) is 5.67. The van der Waals surface area contributed by atoms with E-state index < -0.39 is 0 Å². The Labute approximate surface area is 175 Å². The van der Waals surface area contributed by atoms with Crippen molar-refractivity contribution in [1.82, 2.24) is 9.88 Å². The van der Waals surface area contributed by atoms with Gasteiger partial charge >= 0.3 is 0 Å². The predicted molar refractivity (Wildman–Crippen MR) is 119 cm³/mol. The number of benzene rings is 1. The van der Waals surface area contributed by atoms with Crippen LogP contribution in [0.4, 0.5) is 10.1 Å². The van der Waals surface area contributed by atoms with Gasteiger partial charge in [-0.15, -0.1) is 11.8 Å². The summed E-state index contributed by atoms with van der Waals surface area (Å²) in [4.78, 5) is 11.0. The zero-order chi connectivity index (χ0) is 19.6. The zero-order valence-corrected chi connectivity index (χ0v) is 17.6. The van der Waals surface area contributed by atoms with E-state index in [-0.39, 0.29) is 5.82 Å². The summed E-state index contributed by atoms with van der Waals surface area (Å²) in [7, 11) is 0. The van der Waals surface area contributed by atoms with E-state index in [0.717, 1.165) is 72.3 Å². The van der Waals surface area contributed by atoms with Gasteiger partial charge in [-0.2, -0.15) is 0 Å². The van der Waals surface area contributed by atoms with Crippen molar-refractivity contribution in [3.63, 3.8) is 0 Å². The largest absolute Gasteiger partial charge is 0.381 e. The number of thioether (sulfide) groups is 1. The van der Waals surface area contributed by atoms with Crippen LogP contribution < -0.4 is 5.32 Å². The van der Waals surface area contributed by atoms with Crippen LogP contribution in [-0.2, 0) is 4.74 Å². The Kier molecular flexibility index (Phi) is 5.79. The van der Waals surface area contributed by atoms with Gasteiger partial charge in [0.25, 0.3) is 0 Å². The van der Waals surface area contributed by atoms with Crippen molar-refractivity contribution in [2.75, 3.05) is 43.9 Å². The minimum atomic E-state index is -0.187. The Morgan fingerprint density at radius 2 is 2.03 bits per heavy atom. The van der Waals surface area contributed by atoms with Crippen LogP contribution in [0, 0.1) is 5.82 Å². The molecule has 1 saturated carbocycles. The van der Waals surface area contributed by atoms with E-state index in [0.29, 0.717) is 12.1 Å². The molecule has 0 bridgehead atoms. The molecule has 3 heterocycles. The van der Waals surface area contributed by atoms with E-state index >= 15 is 0 Å². The molecule has 156 valence electrons. The smallest absolute Gasteiger partial charge is 0.126 e. The molecular weight excluding hydrogens is 387 g/mol. The maximum Gasteiger partial charge on any atom is 0.126 e. The molecule has 5 rings (SSSR count). The first-order valence-corrected chi connectivity index (χ1v) is 11.8. The molecule has 0 spiro atoms. The summed E-state index contributed by atoms with van der Waals surface area (Å²) in [6.45, 7) is 4.83. The van der Waals surface area contributed by atoms with E-state index in [1.54, 1.807) is 12.1 Å². The van der Waals surface area contributed by atoms with Crippen molar-refractivity contribution < 1.29 is 9.13 Å². The van der Waals surface area contributed by atoms with Crippen molar-refractivity contribution in [2.24, 2.45) is 4.99 Å². The van der Waals surface area contributed by atoms with Gasteiger partial charge in [0.2, 0.25) is 0 Å². The lowest BCUT2D eigenvalue weighted by Crippen LogP contribution is -2.37. The topological polar surface area (TPSA) is 52.7 Å². The van der Waals surface area contributed by atoms with Gasteiger partial charge in [-0.05, 0) is 37.5 Å². The van der Waals surface area contributed by atoms with Crippen LogP contribution in [0.2, 0.25) is 0 Å². The average molecular weight is 417 g/mol. The van der Waals surface area contributed by atoms with Gasteiger partial charge in [0.05, 0.1) is 36.2 Å². The van der Waals surface area contributed by atoms with E-state index in [9.17, 15) is 4.39 Å². The number of aliphatic imine (C=N–C) groups is 1. The number of H-pyrrole nitrogens is 1. The highest BCUT2D eigenvalue weighted by molar-refractivity contribution is 8.14. The number of nitrogens with one attached hydrogen (secondary N) is 2. The van der Waals surface area contributed by atoms with Gasteiger partial charge in [-0.3, -0.25) is 9.89 Å². The van der Waals surface area contributed by atoms with Crippen molar-refractivity contribution in [1.29, 1.82) is 0 Å². The highest BCUT2D eigenvalue weighted by Crippen LogP contribution is 2.32. The van der Waals surface area contributed by atoms with E-state index in [2.05, 4.69) is 21.3 Å². The number of hydrogen-bond acceptors (Lipinski definition) is 5. The molecule has 2 aliphatic heterocycles. The van der Waals surface area contributed by atoms with E-state index in [1.807, 2.05) is 11.8 Å². The number of morpholine rings is 1. The summed E-state index contributed by atoms with van der Waals surface area (Å²) in [5.74, 6) is 0.837. The fraction of sp³-hybridized carbons (Fsp3) is 0.591. The maximum atomic E-state index is 14.2. The lowest BCUT2D eigenvalue weighted by molar-refractivity contribution is 0.0369. The molecule has 1 atom stereocenters. The lowest BCUT2D eigenvalue weighted by atomic mass is 10.2. The van der Waals surface area contributed by atoms with Gasteiger partial charge in [0.1, 0.15) is 10.9 Å². The number of halogens is 1. The molecule has 1 saturated heterocycles. The van der Waals surface area contributed by atoms with Gasteiger partial charge in [0.15, 0.2) is 0 Å². The van der Waals surface area contributed by atoms with Gasteiger partial charge in [-0.25, -0.2) is 4.39 Å². The van der Waals surface area contributed by atoms with Crippen LogP contribution in [0.5, 0.6) is 0 Å². The van der Waals surface area contributed by atoms with Crippen molar-refractivity contribution >= 4 is 33.4 Å². The lowest BCUT2D eigenvalue weighted by Gasteiger charge is -2.26. The molecule has 5 nitrogen and oxygen atoms in total. The fourth-order valence-electron chi connectivity index (χ4n) is 4.59. The standard InChI is InChI=1S/C22H29FN4OS/c23-16-11-15-12-20(26-21(15)19(13-16)24-17-3-1-2-4-17)22-25-18(14-29-22)5-6-27-7-9-28-10-8-27/h11-13,17-18,24,26H,1-10,14H2. The second-order valence-corrected chi connectivity index (χ2v) is 9.38. The van der Waals surface area contributed by atoms with E-state index in [1.165, 1.54) is 25.7 Å². The number of anilines is 1. The Morgan fingerprint density at radius 3 is 2.86 bits per heavy atom. The average Bonchev–Trinajstić information content (AvgIpc) is 3.47. The second-order valence-electron chi connectivity index (χ2n) is 8.37. The van der Waals surface area contributed by atoms with Gasteiger partial charge in [0, 0.05) is 36.8 Å². The summed E-state index contributed by atoms with van der Waals surface area (Å²) in [5, 5.41) is 5.53. The Bertz CT molecular complexity index is 886. The zero-order valence-electron chi connectivity index (χ0n) is 16.8. The molecule has 1 aromatic heterocycles. The second kappa shape index (κ2) is 8.66. The molecule has 0 radical (unpaired) electrons. The van der Waals surface area contributed by atoms with Crippen LogP contribution in [0.25, 0.3) is 10.9 Å². The number of aromatic amines is 1. The quantitative estimate of drug-likeness (QED) is 0.739. The summed E-state index contributed by atoms with van der Waals surface area (Å²) in [5.41, 5.74) is 2.89. The summed E-state index contributed by atoms with van der Waals surface area (Å²) < 4.78 is 19.6. The molecule has 2 fully saturated rings. The molecule has 29 heavy (non-hydrogen) atoms. The molecule has 2 N–H and O–H groups in total. The highest BCUT2D eigenvalue weighted by Gasteiger charge is 2.23. The number of nitrogens with zero attached hydrogens (tertiary/aromatic N) is 2. The monoisotopic (exact) mass is 416 g/mol. The molecule has 0 amide bonds. The number of fused-ring (bicyclic) bond motifs is 1. The normalized spacial score (nSPS) is 23.8. The predicted octanol–water partition coefficient (Wildman–Crippen LogP) is 4.25. The molecule has 1 aliphatic carbocycles. The Balaban J connectivity index is 1.30. The maximum absolute atomic E-state index is 14.2. The first-order valence-electron chi connectivity index (χ1n) is 10.8. The highest BCUT2D eigenvalue weighted by atomic mass is 32.2. The number of ether oxygens (including phenoxy) is 1. The molecule has 2 aromatic rings. The Morgan fingerprint density at radius 1 is 1.21 bits per heavy atom. The minimum absolute atomic E-state index is 0.187. The molecular formula is C22H29FN4OS. The van der Waals surface area contributed by atoms with Gasteiger partial charge < -0.3 is 15.0 Å². The van der Waals surface area contributed by atoms with Crippen LogP contribution >= 0.6 is 11.8 Å². The summed E-state index contributed by atoms with van der Waals surface area (Å²) >= 11 is 1.81. The molecule has 1 unspecified atom stereocenters. The third-order valence-electron chi connectivity index (χ3n) is 6.23. The van der Waals surface area contributed by atoms with Crippen molar-refractivity contribution in [3.8, 4) is 0 Å². The van der Waals surface area contributed by atoms with Gasteiger partial charge in [-0.1, -0.05) is 12.8 Å².